The number of hydrogen-bond acceptors (Lipinski definition) is 3. The number of halogens is 1. The monoisotopic (exact) mass is 268 g/mol. The summed E-state index contributed by atoms with van der Waals surface area (Å²) in [6.45, 7) is 0. The van der Waals surface area contributed by atoms with Crippen molar-refractivity contribution >= 4 is 24.0 Å². The van der Waals surface area contributed by atoms with Crippen molar-refractivity contribution in [3.05, 3.63) is 29.8 Å². The molecule has 3 N–H and O–H groups in total. The first-order chi connectivity index (χ1) is 8.24. The van der Waals surface area contributed by atoms with Crippen LogP contribution in [-0.4, -0.2) is 24.2 Å². The number of carbonyl (C=O) groups is 1. The number of ether oxygens (including phenoxy) is 1. The van der Waals surface area contributed by atoms with Crippen LogP contribution in [-0.2, 0) is 4.74 Å². The fraction of sp³-hybridized carbons (Fsp3) is 0.462. The highest BCUT2D eigenvalue weighted by Crippen LogP contribution is 2.34. The zero-order valence-corrected chi connectivity index (χ0v) is 10.8. The minimum absolute atomic E-state index is 0. The van der Waals surface area contributed by atoms with Gasteiger partial charge in [-0.3, -0.25) is 4.79 Å². The van der Waals surface area contributed by atoms with Crippen molar-refractivity contribution in [2.45, 2.75) is 37.5 Å². The lowest BCUT2D eigenvalue weighted by molar-refractivity contribution is 0.0841. The summed E-state index contributed by atoms with van der Waals surface area (Å²) in [6.07, 6.45) is 3.67. The summed E-state index contributed by atoms with van der Waals surface area (Å²) in [4.78, 5) is 12.1. The molecule has 2 aliphatic rings. The Balaban J connectivity index is 0.00000120. The number of benzene rings is 1. The Bertz CT molecular complexity index is 452. The van der Waals surface area contributed by atoms with Crippen molar-refractivity contribution in [1.29, 1.82) is 0 Å². The van der Waals surface area contributed by atoms with Gasteiger partial charge in [0.15, 0.2) is 0 Å². The fourth-order valence-corrected chi connectivity index (χ4v) is 2.74. The van der Waals surface area contributed by atoms with Gasteiger partial charge in [0.1, 0.15) is 0 Å². The van der Waals surface area contributed by atoms with E-state index in [1.165, 1.54) is 0 Å². The largest absolute Gasteiger partial charge is 0.398 e. The SMILES string of the molecule is Cl.Nc1ccccc1C(=O)NC1CC2CCC1O2. The maximum atomic E-state index is 12.1. The quantitative estimate of drug-likeness (QED) is 0.803. The minimum Gasteiger partial charge on any atom is -0.398 e. The van der Waals surface area contributed by atoms with Crippen molar-refractivity contribution in [3.63, 3.8) is 0 Å². The number of carbonyl (C=O) groups excluding carboxylic acids is 1. The van der Waals surface area contributed by atoms with E-state index in [0.29, 0.717) is 17.4 Å². The van der Waals surface area contributed by atoms with Crippen molar-refractivity contribution in [2.75, 3.05) is 5.73 Å². The van der Waals surface area contributed by atoms with Crippen molar-refractivity contribution in [2.24, 2.45) is 0 Å². The van der Waals surface area contributed by atoms with Gasteiger partial charge in [-0.05, 0) is 31.4 Å². The summed E-state index contributed by atoms with van der Waals surface area (Å²) in [6, 6.07) is 7.29. The second-order valence-electron chi connectivity index (χ2n) is 4.78. The molecule has 2 heterocycles. The molecule has 0 saturated carbocycles. The molecule has 1 aromatic carbocycles. The van der Waals surface area contributed by atoms with Crippen molar-refractivity contribution in [1.82, 2.24) is 5.32 Å². The van der Waals surface area contributed by atoms with Crippen LogP contribution in [0.25, 0.3) is 0 Å². The average molecular weight is 269 g/mol. The molecule has 3 unspecified atom stereocenters. The van der Waals surface area contributed by atoms with E-state index < -0.39 is 0 Å². The van der Waals surface area contributed by atoms with Gasteiger partial charge in [-0.25, -0.2) is 0 Å². The van der Waals surface area contributed by atoms with E-state index in [4.69, 9.17) is 10.5 Å². The molecule has 0 aliphatic carbocycles. The second kappa shape index (κ2) is 5.16. The Labute approximate surface area is 112 Å². The maximum Gasteiger partial charge on any atom is 0.253 e. The number of hydrogen-bond donors (Lipinski definition) is 2. The van der Waals surface area contributed by atoms with E-state index in [1.54, 1.807) is 12.1 Å². The van der Waals surface area contributed by atoms with Gasteiger partial charge in [-0.2, -0.15) is 0 Å². The molecular weight excluding hydrogens is 252 g/mol. The van der Waals surface area contributed by atoms with Crippen molar-refractivity contribution < 1.29 is 9.53 Å². The molecule has 3 rings (SSSR count). The smallest absolute Gasteiger partial charge is 0.253 e. The highest BCUT2D eigenvalue weighted by atomic mass is 35.5. The summed E-state index contributed by atoms with van der Waals surface area (Å²) in [7, 11) is 0. The molecule has 4 nitrogen and oxygen atoms in total. The third-order valence-electron chi connectivity index (χ3n) is 3.63. The summed E-state index contributed by atoms with van der Waals surface area (Å²) in [5.41, 5.74) is 6.85. The molecule has 2 bridgehead atoms. The van der Waals surface area contributed by atoms with Crippen LogP contribution in [0.2, 0.25) is 0 Å². The summed E-state index contributed by atoms with van der Waals surface area (Å²) >= 11 is 0. The van der Waals surface area contributed by atoms with E-state index >= 15 is 0 Å². The van der Waals surface area contributed by atoms with Gasteiger partial charge in [0.05, 0.1) is 23.8 Å². The van der Waals surface area contributed by atoms with Crippen LogP contribution < -0.4 is 11.1 Å². The zero-order chi connectivity index (χ0) is 11.8. The lowest BCUT2D eigenvalue weighted by atomic mass is 9.95. The van der Waals surface area contributed by atoms with Crippen LogP contribution in [0.3, 0.4) is 0 Å². The number of para-hydroxylation sites is 1. The Kier molecular flexibility index (Phi) is 3.78. The Morgan fingerprint density at radius 1 is 1.33 bits per heavy atom. The number of fused-ring (bicyclic) bond motifs is 2. The molecule has 1 amide bonds. The molecule has 0 aromatic heterocycles. The fourth-order valence-electron chi connectivity index (χ4n) is 2.74. The Morgan fingerprint density at radius 3 is 2.72 bits per heavy atom. The lowest BCUT2D eigenvalue weighted by Crippen LogP contribution is -2.41. The van der Waals surface area contributed by atoms with E-state index in [2.05, 4.69) is 5.32 Å². The molecule has 18 heavy (non-hydrogen) atoms. The van der Waals surface area contributed by atoms with Gasteiger partial charge in [0, 0.05) is 5.69 Å². The van der Waals surface area contributed by atoms with Crippen LogP contribution >= 0.6 is 12.4 Å². The number of nitrogen functional groups attached to an aromatic ring is 1. The van der Waals surface area contributed by atoms with Crippen LogP contribution in [0.15, 0.2) is 24.3 Å². The highest BCUT2D eigenvalue weighted by molar-refractivity contribution is 5.99. The molecule has 0 radical (unpaired) electrons. The predicted molar refractivity (Wildman–Crippen MR) is 71.9 cm³/mol. The van der Waals surface area contributed by atoms with E-state index in [1.807, 2.05) is 12.1 Å². The first-order valence-electron chi connectivity index (χ1n) is 6.05. The van der Waals surface area contributed by atoms with Crippen LogP contribution in [0.4, 0.5) is 5.69 Å². The third kappa shape index (κ3) is 2.31. The third-order valence-corrected chi connectivity index (χ3v) is 3.63. The molecule has 2 saturated heterocycles. The van der Waals surface area contributed by atoms with E-state index in [0.717, 1.165) is 19.3 Å². The number of rotatable bonds is 2. The first kappa shape index (κ1) is 13.2. The number of amides is 1. The second-order valence-corrected chi connectivity index (χ2v) is 4.78. The molecule has 0 spiro atoms. The van der Waals surface area contributed by atoms with Gasteiger partial charge >= 0.3 is 0 Å². The molecule has 1 aromatic rings. The first-order valence-corrected chi connectivity index (χ1v) is 6.05. The van der Waals surface area contributed by atoms with E-state index in [-0.39, 0.29) is 30.5 Å². The maximum absolute atomic E-state index is 12.1. The summed E-state index contributed by atoms with van der Waals surface area (Å²) in [5, 5.41) is 3.02. The number of anilines is 1. The Hall–Kier alpha value is -1.26. The lowest BCUT2D eigenvalue weighted by Gasteiger charge is -2.20. The summed E-state index contributed by atoms with van der Waals surface area (Å²) < 4.78 is 5.71. The average Bonchev–Trinajstić information content (AvgIpc) is 2.91. The van der Waals surface area contributed by atoms with Crippen molar-refractivity contribution in [3.8, 4) is 0 Å². The molecular formula is C13H17ClN2O2. The predicted octanol–water partition coefficient (Wildman–Crippen LogP) is 1.74. The molecule has 98 valence electrons. The number of nitrogens with two attached hydrogens (primary N) is 1. The molecule has 2 aliphatic heterocycles. The molecule has 2 fully saturated rings. The highest BCUT2D eigenvalue weighted by Gasteiger charge is 2.41. The van der Waals surface area contributed by atoms with Gasteiger partial charge in [-0.15, -0.1) is 12.4 Å². The topological polar surface area (TPSA) is 64.4 Å². The normalized spacial score (nSPS) is 28.8. The van der Waals surface area contributed by atoms with Gasteiger partial charge < -0.3 is 15.8 Å². The van der Waals surface area contributed by atoms with Crippen LogP contribution in [0, 0.1) is 0 Å². The minimum atomic E-state index is -0.0933. The van der Waals surface area contributed by atoms with Gasteiger partial charge in [0.25, 0.3) is 5.91 Å². The Morgan fingerprint density at radius 2 is 2.11 bits per heavy atom. The van der Waals surface area contributed by atoms with Crippen LogP contribution in [0.1, 0.15) is 29.6 Å². The zero-order valence-electron chi connectivity index (χ0n) is 9.96. The standard InChI is InChI=1S/C13H16N2O2.ClH/c14-10-4-2-1-3-9(10)13(16)15-11-7-8-5-6-12(11)17-8;/h1-4,8,11-12H,5-7,14H2,(H,15,16);1H. The molecule has 3 atom stereocenters. The molecule has 5 heteroatoms. The van der Waals surface area contributed by atoms with Gasteiger partial charge in [0.2, 0.25) is 0 Å². The van der Waals surface area contributed by atoms with Gasteiger partial charge in [-0.1, -0.05) is 12.1 Å². The van der Waals surface area contributed by atoms with Crippen LogP contribution in [0.5, 0.6) is 0 Å². The number of nitrogens with one attached hydrogen (secondary N) is 1. The van der Waals surface area contributed by atoms with E-state index in [9.17, 15) is 4.79 Å². The summed E-state index contributed by atoms with van der Waals surface area (Å²) in [5.74, 6) is -0.0933.